The molecule has 10 heteroatoms. The van der Waals surface area contributed by atoms with Gasteiger partial charge in [-0.15, -0.1) is 0 Å². The van der Waals surface area contributed by atoms with Crippen LogP contribution in [-0.2, 0) is 4.79 Å². The molecule has 0 saturated heterocycles. The molecule has 0 radical (unpaired) electrons. The lowest BCUT2D eigenvalue weighted by Gasteiger charge is -2.27. The number of hydrogen-bond acceptors (Lipinski definition) is 6. The third kappa shape index (κ3) is 6.39. The second-order valence-corrected chi connectivity index (χ2v) is 8.93. The molecule has 192 valence electrons. The summed E-state index contributed by atoms with van der Waals surface area (Å²) in [5.41, 5.74) is -0.726. The van der Waals surface area contributed by atoms with Gasteiger partial charge in [0.05, 0.1) is 25.2 Å². The first-order chi connectivity index (χ1) is 17.0. The van der Waals surface area contributed by atoms with Crippen LogP contribution in [0.3, 0.4) is 0 Å². The van der Waals surface area contributed by atoms with E-state index in [0.29, 0.717) is 11.3 Å². The minimum atomic E-state index is -1.19. The summed E-state index contributed by atoms with van der Waals surface area (Å²) in [6.45, 7) is 5.15. The highest BCUT2D eigenvalue weighted by molar-refractivity contribution is 5.93. The monoisotopic (exact) mass is 499 g/mol. The normalized spacial score (nSPS) is 13.6. The van der Waals surface area contributed by atoms with Gasteiger partial charge < -0.3 is 25.0 Å². The van der Waals surface area contributed by atoms with Crippen LogP contribution in [0.4, 0.5) is 4.39 Å². The minimum Gasteiger partial charge on any atom is -0.497 e. The Hall–Kier alpha value is -3.92. The van der Waals surface area contributed by atoms with Crippen molar-refractivity contribution < 1.29 is 33.7 Å². The summed E-state index contributed by atoms with van der Waals surface area (Å²) < 4.78 is 26.7. The number of aromatic nitrogens is 2. The Labute approximate surface area is 208 Å². The first kappa shape index (κ1) is 26.7. The van der Waals surface area contributed by atoms with Crippen LogP contribution in [0.15, 0.2) is 54.6 Å². The van der Waals surface area contributed by atoms with Gasteiger partial charge >= 0.3 is 5.97 Å². The summed E-state index contributed by atoms with van der Waals surface area (Å²) in [6.07, 6.45) is -0.381. The molecule has 3 N–H and O–H groups in total. The summed E-state index contributed by atoms with van der Waals surface area (Å²) in [5, 5.41) is 26.9. The zero-order chi connectivity index (χ0) is 26.5. The Morgan fingerprint density at radius 1 is 1.17 bits per heavy atom. The number of rotatable bonds is 11. The number of para-hydroxylation sites is 1. The number of nitrogens with one attached hydrogen (secondary N) is 1. The van der Waals surface area contributed by atoms with E-state index in [1.807, 2.05) is 13.8 Å². The first-order valence-electron chi connectivity index (χ1n) is 11.4. The number of nitrogens with zero attached hydrogens (tertiary/aromatic N) is 2. The molecule has 0 saturated carbocycles. The number of benzene rings is 2. The number of carbonyl (C=O) groups excluding carboxylic acids is 1. The number of ether oxygens (including phenoxy) is 2. The molecule has 1 heterocycles. The van der Waals surface area contributed by atoms with Crippen LogP contribution in [0.5, 0.6) is 11.6 Å². The number of amides is 1. The highest BCUT2D eigenvalue weighted by Crippen LogP contribution is 2.26. The molecule has 36 heavy (non-hydrogen) atoms. The lowest BCUT2D eigenvalue weighted by molar-refractivity contribution is -0.137. The maximum Gasteiger partial charge on any atom is 0.305 e. The smallest absolute Gasteiger partial charge is 0.305 e. The minimum absolute atomic E-state index is 0.0438. The van der Waals surface area contributed by atoms with Gasteiger partial charge in [-0.05, 0) is 42.7 Å². The van der Waals surface area contributed by atoms with Crippen molar-refractivity contribution in [1.82, 2.24) is 15.1 Å². The van der Waals surface area contributed by atoms with E-state index in [1.54, 1.807) is 37.3 Å². The molecule has 0 aliphatic rings. The highest BCUT2D eigenvalue weighted by atomic mass is 19.1. The number of carboxylic acids is 1. The zero-order valence-corrected chi connectivity index (χ0v) is 20.6. The van der Waals surface area contributed by atoms with Crippen molar-refractivity contribution >= 4 is 11.9 Å². The van der Waals surface area contributed by atoms with Gasteiger partial charge in [0.1, 0.15) is 23.9 Å². The molecule has 2 aromatic carbocycles. The number of methoxy groups -OCH3 is 1. The molecule has 0 spiro atoms. The molecule has 1 aromatic heterocycles. The first-order valence-corrected chi connectivity index (χ1v) is 11.4. The zero-order valence-electron chi connectivity index (χ0n) is 20.6. The number of hydrogen-bond donors (Lipinski definition) is 3. The van der Waals surface area contributed by atoms with E-state index in [1.165, 1.54) is 31.4 Å². The van der Waals surface area contributed by atoms with Crippen LogP contribution >= 0.6 is 0 Å². The predicted molar refractivity (Wildman–Crippen MR) is 130 cm³/mol. The summed E-state index contributed by atoms with van der Waals surface area (Å²) in [6, 6.07) is 13.0. The van der Waals surface area contributed by atoms with Crippen molar-refractivity contribution in [3.05, 3.63) is 71.7 Å². The van der Waals surface area contributed by atoms with E-state index in [2.05, 4.69) is 10.4 Å². The standard InChI is InChI=1S/C26H30FN3O6/c1-16(2)26(3,34)15-36-23-13-21(29-30(23)22-11-6-5-10-19(22)27)25(33)28-20(14-24(31)32)17-8-7-9-18(12-17)35-4/h5-13,16,20,34H,14-15H2,1-4H3,(H,28,33)(H,31,32)/t20-,26?/m0/s1. The number of aliphatic hydroxyl groups is 1. The van der Waals surface area contributed by atoms with Crippen molar-refractivity contribution in [2.45, 2.75) is 38.8 Å². The molecule has 0 bridgehead atoms. The Kier molecular flexibility index (Phi) is 8.31. The number of halogens is 1. The Bertz CT molecular complexity index is 1220. The van der Waals surface area contributed by atoms with Gasteiger partial charge in [-0.25, -0.2) is 4.39 Å². The number of aliphatic carboxylic acids is 1. The lowest BCUT2D eigenvalue weighted by Crippen LogP contribution is -2.38. The second-order valence-electron chi connectivity index (χ2n) is 8.93. The Morgan fingerprint density at radius 2 is 1.89 bits per heavy atom. The fraction of sp³-hybridized carbons (Fsp3) is 0.346. The van der Waals surface area contributed by atoms with Gasteiger partial charge in [0.25, 0.3) is 5.91 Å². The number of carbonyl (C=O) groups is 2. The molecule has 0 aliphatic heterocycles. The quantitative estimate of drug-likeness (QED) is 0.367. The van der Waals surface area contributed by atoms with Crippen molar-refractivity contribution in [3.63, 3.8) is 0 Å². The summed E-state index contributed by atoms with van der Waals surface area (Å²) in [5.74, 6) is -1.96. The van der Waals surface area contributed by atoms with E-state index in [4.69, 9.17) is 9.47 Å². The Balaban J connectivity index is 1.95. The van der Waals surface area contributed by atoms with E-state index in [-0.39, 0.29) is 36.2 Å². The fourth-order valence-corrected chi connectivity index (χ4v) is 3.28. The van der Waals surface area contributed by atoms with Crippen LogP contribution < -0.4 is 14.8 Å². The van der Waals surface area contributed by atoms with E-state index >= 15 is 0 Å². The van der Waals surface area contributed by atoms with Gasteiger partial charge in [-0.3, -0.25) is 9.59 Å². The summed E-state index contributed by atoms with van der Waals surface area (Å²) in [4.78, 5) is 24.6. The van der Waals surface area contributed by atoms with Gasteiger partial charge in [0.15, 0.2) is 5.69 Å². The van der Waals surface area contributed by atoms with E-state index < -0.39 is 29.3 Å². The van der Waals surface area contributed by atoms with Crippen LogP contribution in [-0.4, -0.2) is 51.2 Å². The molecular formula is C26H30FN3O6. The molecule has 1 amide bonds. The Morgan fingerprint density at radius 3 is 2.53 bits per heavy atom. The molecule has 1 unspecified atom stereocenters. The van der Waals surface area contributed by atoms with Crippen molar-refractivity contribution in [2.75, 3.05) is 13.7 Å². The van der Waals surface area contributed by atoms with Gasteiger partial charge in [-0.1, -0.05) is 38.1 Å². The van der Waals surface area contributed by atoms with Crippen LogP contribution in [0.25, 0.3) is 5.69 Å². The maximum absolute atomic E-state index is 14.6. The molecule has 3 aromatic rings. The average Bonchev–Trinajstić information content (AvgIpc) is 3.26. The maximum atomic E-state index is 14.6. The SMILES string of the molecule is COc1cccc([C@H](CC(=O)O)NC(=O)c2cc(OCC(C)(O)C(C)C)n(-c3ccccc3F)n2)c1. The van der Waals surface area contributed by atoms with Gasteiger partial charge in [0.2, 0.25) is 5.88 Å². The van der Waals surface area contributed by atoms with Crippen LogP contribution in [0.2, 0.25) is 0 Å². The summed E-state index contributed by atoms with van der Waals surface area (Å²) >= 11 is 0. The molecular weight excluding hydrogens is 469 g/mol. The van der Waals surface area contributed by atoms with Crippen molar-refractivity contribution in [2.24, 2.45) is 5.92 Å². The van der Waals surface area contributed by atoms with Gasteiger partial charge in [-0.2, -0.15) is 9.78 Å². The molecule has 0 aliphatic carbocycles. The molecule has 9 nitrogen and oxygen atoms in total. The second kappa shape index (κ2) is 11.2. The van der Waals surface area contributed by atoms with Crippen molar-refractivity contribution in [3.8, 4) is 17.3 Å². The van der Waals surface area contributed by atoms with Crippen LogP contribution in [0.1, 0.15) is 49.3 Å². The fourth-order valence-electron chi connectivity index (χ4n) is 3.28. The van der Waals surface area contributed by atoms with Gasteiger partial charge in [0, 0.05) is 6.07 Å². The molecule has 3 rings (SSSR count). The number of carboxylic acid groups (broad SMARTS) is 1. The molecule has 2 atom stereocenters. The van der Waals surface area contributed by atoms with E-state index in [0.717, 1.165) is 4.68 Å². The highest BCUT2D eigenvalue weighted by Gasteiger charge is 2.28. The largest absolute Gasteiger partial charge is 0.497 e. The van der Waals surface area contributed by atoms with Crippen LogP contribution in [0, 0.1) is 11.7 Å². The molecule has 0 fully saturated rings. The topological polar surface area (TPSA) is 123 Å². The third-order valence-electron chi connectivity index (χ3n) is 5.93. The lowest BCUT2D eigenvalue weighted by atomic mass is 9.94. The predicted octanol–water partition coefficient (Wildman–Crippen LogP) is 3.75. The third-order valence-corrected chi connectivity index (χ3v) is 5.93. The summed E-state index contributed by atoms with van der Waals surface area (Å²) in [7, 11) is 1.48. The van der Waals surface area contributed by atoms with Crippen molar-refractivity contribution in [1.29, 1.82) is 0 Å². The van der Waals surface area contributed by atoms with E-state index in [9.17, 15) is 24.2 Å². The average molecular weight is 500 g/mol.